The second kappa shape index (κ2) is 9.82. The van der Waals surface area contributed by atoms with Gasteiger partial charge in [0.2, 0.25) is 5.76 Å². The molecular weight excluding hydrogens is 414 g/mol. The van der Waals surface area contributed by atoms with Gasteiger partial charge in [-0.3, -0.25) is 9.59 Å². The van der Waals surface area contributed by atoms with E-state index >= 15 is 0 Å². The highest BCUT2D eigenvalue weighted by Gasteiger charge is 2.42. The Hall–Kier alpha value is -3.08. The maximum absolute atomic E-state index is 13.6. The van der Waals surface area contributed by atoms with Crippen LogP contribution in [0.4, 0.5) is 0 Å². The molecule has 3 aromatic rings. The average molecular weight is 448 g/mol. The summed E-state index contributed by atoms with van der Waals surface area (Å²) in [6, 6.07) is 11.2. The second-order valence-corrected chi connectivity index (χ2v) is 9.01. The number of aryl methyl sites for hydroxylation is 2. The van der Waals surface area contributed by atoms with Crippen molar-refractivity contribution in [1.82, 2.24) is 4.90 Å². The molecule has 33 heavy (non-hydrogen) atoms. The van der Waals surface area contributed by atoms with Gasteiger partial charge >= 0.3 is 0 Å². The van der Waals surface area contributed by atoms with E-state index in [0.717, 1.165) is 35.3 Å². The number of hydrogen-bond donors (Lipinski definition) is 0. The van der Waals surface area contributed by atoms with Crippen LogP contribution in [0, 0.1) is 13.8 Å². The maximum atomic E-state index is 13.6. The molecule has 0 radical (unpaired) electrons. The van der Waals surface area contributed by atoms with Crippen LogP contribution >= 0.6 is 0 Å². The smallest absolute Gasteiger partial charge is 0.290 e. The van der Waals surface area contributed by atoms with Gasteiger partial charge in [0, 0.05) is 6.54 Å². The third-order valence-corrected chi connectivity index (χ3v) is 6.32. The minimum atomic E-state index is -0.451. The van der Waals surface area contributed by atoms with Crippen molar-refractivity contribution in [2.45, 2.75) is 65.8 Å². The topological polar surface area (TPSA) is 59.8 Å². The molecule has 0 saturated heterocycles. The number of fused-ring (bicyclic) bond motifs is 2. The molecule has 0 spiro atoms. The Morgan fingerprint density at radius 3 is 2.42 bits per heavy atom. The molecule has 5 heteroatoms. The highest BCUT2D eigenvalue weighted by atomic mass is 16.5. The number of ether oxygens (including phenoxy) is 1. The van der Waals surface area contributed by atoms with Crippen LogP contribution in [0.15, 0.2) is 45.6 Å². The molecule has 0 fully saturated rings. The lowest BCUT2D eigenvalue weighted by atomic mass is 9.97. The molecule has 1 amide bonds. The van der Waals surface area contributed by atoms with E-state index in [1.165, 1.54) is 19.3 Å². The van der Waals surface area contributed by atoms with Crippen molar-refractivity contribution in [1.29, 1.82) is 0 Å². The van der Waals surface area contributed by atoms with Crippen LogP contribution in [0.5, 0.6) is 5.75 Å². The fourth-order valence-corrected chi connectivity index (χ4v) is 4.76. The third kappa shape index (κ3) is 4.41. The molecule has 0 saturated carbocycles. The molecule has 2 aromatic carbocycles. The van der Waals surface area contributed by atoms with Crippen LogP contribution in [0.2, 0.25) is 0 Å². The highest BCUT2D eigenvalue weighted by Crippen LogP contribution is 2.39. The van der Waals surface area contributed by atoms with E-state index in [4.69, 9.17) is 9.15 Å². The quantitative estimate of drug-likeness (QED) is 0.360. The van der Waals surface area contributed by atoms with Crippen molar-refractivity contribution < 1.29 is 13.9 Å². The Bertz CT molecular complexity index is 1210. The number of carbonyl (C=O) groups excluding carboxylic acids is 1. The zero-order chi connectivity index (χ0) is 23.5. The number of nitrogens with zero attached hydrogens (tertiary/aromatic N) is 1. The van der Waals surface area contributed by atoms with Gasteiger partial charge in [-0.2, -0.15) is 0 Å². The molecule has 1 atom stereocenters. The number of unbranched alkanes of at least 4 members (excludes halogenated alkanes) is 3. The molecule has 174 valence electrons. The Balaban J connectivity index is 1.72. The summed E-state index contributed by atoms with van der Waals surface area (Å²) in [4.78, 5) is 28.7. The molecule has 4 rings (SSSR count). The van der Waals surface area contributed by atoms with Crippen LogP contribution in [-0.4, -0.2) is 24.0 Å². The van der Waals surface area contributed by atoms with Gasteiger partial charge in [-0.25, -0.2) is 0 Å². The lowest BCUT2D eigenvalue weighted by molar-refractivity contribution is 0.0728. The van der Waals surface area contributed by atoms with E-state index < -0.39 is 6.04 Å². The van der Waals surface area contributed by atoms with Crippen molar-refractivity contribution in [3.8, 4) is 5.75 Å². The maximum Gasteiger partial charge on any atom is 0.290 e. The monoisotopic (exact) mass is 447 g/mol. The molecule has 1 aromatic heterocycles. The Morgan fingerprint density at radius 2 is 1.73 bits per heavy atom. The second-order valence-electron chi connectivity index (χ2n) is 9.01. The van der Waals surface area contributed by atoms with Crippen molar-refractivity contribution >= 4 is 16.9 Å². The molecule has 1 aliphatic rings. The van der Waals surface area contributed by atoms with Crippen LogP contribution < -0.4 is 10.2 Å². The lowest BCUT2D eigenvalue weighted by Crippen LogP contribution is -2.30. The van der Waals surface area contributed by atoms with Crippen molar-refractivity contribution in [3.63, 3.8) is 0 Å². The van der Waals surface area contributed by atoms with Gasteiger partial charge in [0.05, 0.1) is 23.6 Å². The number of hydrogen-bond acceptors (Lipinski definition) is 4. The first-order valence-electron chi connectivity index (χ1n) is 12.1. The van der Waals surface area contributed by atoms with Crippen molar-refractivity contribution in [2.24, 2.45) is 0 Å². The van der Waals surface area contributed by atoms with Gasteiger partial charge in [0.1, 0.15) is 11.3 Å². The van der Waals surface area contributed by atoms with Gasteiger partial charge in [-0.15, -0.1) is 0 Å². The van der Waals surface area contributed by atoms with Gasteiger partial charge in [-0.1, -0.05) is 51.3 Å². The summed E-state index contributed by atoms with van der Waals surface area (Å²) in [5.74, 6) is 0.764. The molecule has 2 heterocycles. The number of carbonyl (C=O) groups is 1. The summed E-state index contributed by atoms with van der Waals surface area (Å²) < 4.78 is 12.0. The molecule has 0 N–H and O–H groups in total. The first-order valence-corrected chi connectivity index (χ1v) is 12.1. The van der Waals surface area contributed by atoms with E-state index in [1.807, 2.05) is 57.2 Å². The first-order chi connectivity index (χ1) is 16.0. The third-order valence-electron chi connectivity index (χ3n) is 6.32. The van der Waals surface area contributed by atoms with Crippen LogP contribution in [-0.2, 0) is 0 Å². The van der Waals surface area contributed by atoms with Crippen LogP contribution in [0.1, 0.15) is 84.8 Å². The standard InChI is InChI=1S/C28H33NO4/c1-5-7-8-9-15-32-21-12-10-20(11-13-21)24-23-25(30)22-17-18(3)16-19(4)26(22)33-27(23)28(31)29(24)14-6-2/h10-13,16-17,24H,5-9,14-15H2,1-4H3. The molecular formula is C28H33NO4. The predicted molar refractivity (Wildman–Crippen MR) is 131 cm³/mol. The Kier molecular flexibility index (Phi) is 6.87. The summed E-state index contributed by atoms with van der Waals surface area (Å²) in [5.41, 5.74) is 3.58. The van der Waals surface area contributed by atoms with E-state index in [2.05, 4.69) is 6.92 Å². The highest BCUT2D eigenvalue weighted by molar-refractivity contribution is 5.99. The van der Waals surface area contributed by atoms with Gasteiger partial charge in [-0.05, 0) is 61.6 Å². The average Bonchev–Trinajstić information content (AvgIpc) is 3.07. The van der Waals surface area contributed by atoms with Crippen molar-refractivity contribution in [3.05, 3.63) is 74.6 Å². The molecule has 5 nitrogen and oxygen atoms in total. The number of rotatable bonds is 9. The molecule has 0 bridgehead atoms. The van der Waals surface area contributed by atoms with E-state index in [9.17, 15) is 9.59 Å². The summed E-state index contributed by atoms with van der Waals surface area (Å²) in [6.45, 7) is 9.34. The largest absolute Gasteiger partial charge is 0.494 e. The number of benzene rings is 2. The Morgan fingerprint density at radius 1 is 0.970 bits per heavy atom. The molecule has 0 aliphatic carbocycles. The predicted octanol–water partition coefficient (Wildman–Crippen LogP) is 6.32. The minimum Gasteiger partial charge on any atom is -0.494 e. The molecule has 1 aliphatic heterocycles. The van der Waals surface area contributed by atoms with E-state index in [0.29, 0.717) is 29.7 Å². The summed E-state index contributed by atoms with van der Waals surface area (Å²) in [6.07, 6.45) is 5.43. The lowest BCUT2D eigenvalue weighted by Gasteiger charge is -2.24. The zero-order valence-electron chi connectivity index (χ0n) is 20.1. The van der Waals surface area contributed by atoms with Gasteiger partial charge in [0.15, 0.2) is 5.43 Å². The molecule has 1 unspecified atom stereocenters. The zero-order valence-corrected chi connectivity index (χ0v) is 20.1. The summed E-state index contributed by atoms with van der Waals surface area (Å²) in [5, 5.41) is 0.537. The Labute approximate surface area is 195 Å². The van der Waals surface area contributed by atoms with Gasteiger partial charge < -0.3 is 14.1 Å². The van der Waals surface area contributed by atoms with Crippen molar-refractivity contribution in [2.75, 3.05) is 13.2 Å². The van der Waals surface area contributed by atoms with Gasteiger partial charge in [0.25, 0.3) is 5.91 Å². The van der Waals surface area contributed by atoms with E-state index in [1.54, 1.807) is 4.90 Å². The normalized spacial score (nSPS) is 15.3. The number of amides is 1. The van der Waals surface area contributed by atoms with Crippen LogP contribution in [0.3, 0.4) is 0 Å². The van der Waals surface area contributed by atoms with Crippen LogP contribution in [0.25, 0.3) is 11.0 Å². The fourth-order valence-electron chi connectivity index (χ4n) is 4.76. The summed E-state index contributed by atoms with van der Waals surface area (Å²) >= 11 is 0. The SMILES string of the molecule is CCCCCCOc1ccc(C2c3c(oc4c(C)cc(C)cc4c3=O)C(=O)N2CCC)cc1. The van der Waals surface area contributed by atoms with E-state index in [-0.39, 0.29) is 17.1 Å². The fraction of sp³-hybridized carbons (Fsp3) is 0.429. The minimum absolute atomic E-state index is 0.119. The first kappa shape index (κ1) is 23.1. The summed E-state index contributed by atoms with van der Waals surface area (Å²) in [7, 11) is 0.